The number of hydrogen-bond donors (Lipinski definition) is 1. The second kappa shape index (κ2) is 7.95. The molecule has 2 aromatic rings. The molecule has 118 valence electrons. The number of benzene rings is 1. The summed E-state index contributed by atoms with van der Waals surface area (Å²) in [4.78, 5) is 11.9. The Morgan fingerprint density at radius 2 is 2.23 bits per heavy atom. The number of nitrogens with one attached hydrogen (secondary N) is 1. The van der Waals surface area contributed by atoms with Gasteiger partial charge >= 0.3 is 0 Å². The van der Waals surface area contributed by atoms with E-state index >= 15 is 0 Å². The molecule has 6 nitrogen and oxygen atoms in total. The third-order valence-corrected chi connectivity index (χ3v) is 3.99. The first kappa shape index (κ1) is 16.5. The van der Waals surface area contributed by atoms with Crippen molar-refractivity contribution >= 4 is 17.7 Å². The van der Waals surface area contributed by atoms with Crippen molar-refractivity contribution in [3.05, 3.63) is 36.2 Å². The van der Waals surface area contributed by atoms with Crippen LogP contribution in [0.4, 0.5) is 0 Å². The molecule has 0 fully saturated rings. The van der Waals surface area contributed by atoms with Crippen molar-refractivity contribution in [2.75, 3.05) is 19.5 Å². The van der Waals surface area contributed by atoms with Gasteiger partial charge in [-0.2, -0.15) is 0 Å². The minimum Gasteiger partial charge on any atom is -0.383 e. The van der Waals surface area contributed by atoms with Gasteiger partial charge in [-0.1, -0.05) is 30.0 Å². The highest BCUT2D eigenvalue weighted by molar-refractivity contribution is 7.99. The number of rotatable bonds is 7. The van der Waals surface area contributed by atoms with E-state index in [1.165, 1.54) is 11.8 Å². The molecule has 0 saturated heterocycles. The molecule has 0 aliphatic carbocycles. The minimum atomic E-state index is -0.0473. The molecule has 0 bridgehead atoms. The van der Waals surface area contributed by atoms with Crippen molar-refractivity contribution in [1.29, 1.82) is 0 Å². The third kappa shape index (κ3) is 4.32. The number of aryl methyl sites for hydroxylation is 1. The number of carbonyl (C=O) groups excluding carboxylic acids is 1. The van der Waals surface area contributed by atoms with E-state index in [1.807, 2.05) is 42.7 Å². The second-order valence-corrected chi connectivity index (χ2v) is 5.93. The number of thioether (sulfide) groups is 1. The van der Waals surface area contributed by atoms with Gasteiger partial charge in [0.2, 0.25) is 5.91 Å². The van der Waals surface area contributed by atoms with E-state index in [9.17, 15) is 4.79 Å². The number of ether oxygens (including phenoxy) is 1. The summed E-state index contributed by atoms with van der Waals surface area (Å²) in [6.45, 7) is 4.43. The monoisotopic (exact) mass is 320 g/mol. The average molecular weight is 320 g/mol. The number of carbonyl (C=O) groups is 1. The van der Waals surface area contributed by atoms with E-state index in [-0.39, 0.29) is 11.9 Å². The number of methoxy groups -OCH3 is 1. The molecular weight excluding hydrogens is 300 g/mol. The van der Waals surface area contributed by atoms with Crippen LogP contribution in [0.25, 0.3) is 5.69 Å². The lowest BCUT2D eigenvalue weighted by Gasteiger charge is -2.12. The van der Waals surface area contributed by atoms with Crippen LogP contribution in [0.2, 0.25) is 0 Å². The molecule has 0 aliphatic heterocycles. The maximum Gasteiger partial charge on any atom is 0.230 e. The molecule has 1 aromatic heterocycles. The fourth-order valence-electron chi connectivity index (χ4n) is 2.06. The van der Waals surface area contributed by atoms with Crippen LogP contribution in [0.15, 0.2) is 35.7 Å². The lowest BCUT2D eigenvalue weighted by atomic mass is 10.2. The predicted octanol–water partition coefficient (Wildman–Crippen LogP) is 1.82. The van der Waals surface area contributed by atoms with Gasteiger partial charge in [-0.15, -0.1) is 10.2 Å². The molecule has 1 aromatic carbocycles. The van der Waals surface area contributed by atoms with Gasteiger partial charge in [-0.05, 0) is 25.5 Å². The Hall–Kier alpha value is -1.86. The van der Waals surface area contributed by atoms with E-state index in [1.54, 1.807) is 13.4 Å². The zero-order valence-corrected chi connectivity index (χ0v) is 13.8. The molecule has 1 amide bonds. The topological polar surface area (TPSA) is 69.0 Å². The van der Waals surface area contributed by atoms with Gasteiger partial charge in [0.25, 0.3) is 0 Å². The van der Waals surface area contributed by atoms with E-state index in [4.69, 9.17) is 4.74 Å². The van der Waals surface area contributed by atoms with Gasteiger partial charge in [-0.3, -0.25) is 9.36 Å². The van der Waals surface area contributed by atoms with Crippen molar-refractivity contribution in [3.63, 3.8) is 0 Å². The smallest absolute Gasteiger partial charge is 0.230 e. The summed E-state index contributed by atoms with van der Waals surface area (Å²) in [6.07, 6.45) is 1.66. The van der Waals surface area contributed by atoms with Crippen LogP contribution in [0.1, 0.15) is 12.5 Å². The van der Waals surface area contributed by atoms with Crippen LogP contribution in [-0.2, 0) is 9.53 Å². The fraction of sp³-hybridized carbons (Fsp3) is 0.400. The molecule has 0 spiro atoms. The summed E-state index contributed by atoms with van der Waals surface area (Å²) in [5, 5.41) is 11.6. The van der Waals surface area contributed by atoms with Crippen LogP contribution in [-0.4, -0.2) is 46.2 Å². The van der Waals surface area contributed by atoms with Crippen molar-refractivity contribution < 1.29 is 9.53 Å². The van der Waals surface area contributed by atoms with Crippen LogP contribution in [0.3, 0.4) is 0 Å². The van der Waals surface area contributed by atoms with Crippen molar-refractivity contribution in [2.45, 2.75) is 25.0 Å². The Labute approximate surface area is 134 Å². The van der Waals surface area contributed by atoms with E-state index < -0.39 is 0 Å². The van der Waals surface area contributed by atoms with Gasteiger partial charge in [0.15, 0.2) is 5.16 Å². The van der Waals surface area contributed by atoms with Gasteiger partial charge in [-0.25, -0.2) is 0 Å². The Morgan fingerprint density at radius 3 is 2.95 bits per heavy atom. The maximum atomic E-state index is 11.9. The van der Waals surface area contributed by atoms with Crippen LogP contribution >= 0.6 is 11.8 Å². The quantitative estimate of drug-likeness (QED) is 0.788. The summed E-state index contributed by atoms with van der Waals surface area (Å²) in [5.41, 5.74) is 2.14. The predicted molar refractivity (Wildman–Crippen MR) is 86.3 cm³/mol. The standard InChI is InChI=1S/C15H20N4O2S/c1-11-6-4-5-7-13(11)19-10-16-18-15(19)22-9-14(20)17-12(2)8-21-3/h4-7,10,12H,8-9H2,1-3H3,(H,17,20)/t12-/m0/s1. The largest absolute Gasteiger partial charge is 0.383 e. The van der Waals surface area contributed by atoms with Crippen LogP contribution < -0.4 is 5.32 Å². The first-order valence-corrected chi connectivity index (χ1v) is 7.97. The molecule has 1 heterocycles. The Kier molecular flexibility index (Phi) is 5.97. The lowest BCUT2D eigenvalue weighted by Crippen LogP contribution is -2.36. The highest BCUT2D eigenvalue weighted by Crippen LogP contribution is 2.21. The van der Waals surface area contributed by atoms with E-state index in [0.717, 1.165) is 11.3 Å². The van der Waals surface area contributed by atoms with Gasteiger partial charge < -0.3 is 10.1 Å². The zero-order chi connectivity index (χ0) is 15.9. The highest BCUT2D eigenvalue weighted by atomic mass is 32.2. The molecule has 2 rings (SSSR count). The summed E-state index contributed by atoms with van der Waals surface area (Å²) < 4.78 is 6.89. The third-order valence-electron chi connectivity index (χ3n) is 3.05. The number of amides is 1. The highest BCUT2D eigenvalue weighted by Gasteiger charge is 2.12. The number of hydrogen-bond acceptors (Lipinski definition) is 5. The average Bonchev–Trinajstić information content (AvgIpc) is 2.94. The van der Waals surface area contributed by atoms with Gasteiger partial charge in [0, 0.05) is 13.2 Å². The molecule has 0 radical (unpaired) electrons. The van der Waals surface area contributed by atoms with Gasteiger partial charge in [0.05, 0.1) is 18.0 Å². The number of para-hydroxylation sites is 1. The molecule has 0 unspecified atom stereocenters. The molecule has 1 atom stereocenters. The molecule has 7 heteroatoms. The van der Waals surface area contributed by atoms with Gasteiger partial charge in [0.1, 0.15) is 6.33 Å². The summed E-state index contributed by atoms with van der Waals surface area (Å²) in [7, 11) is 1.61. The molecular formula is C15H20N4O2S. The van der Waals surface area contributed by atoms with Crippen molar-refractivity contribution in [3.8, 4) is 5.69 Å². The van der Waals surface area contributed by atoms with Crippen molar-refractivity contribution in [2.24, 2.45) is 0 Å². The van der Waals surface area contributed by atoms with Crippen LogP contribution in [0.5, 0.6) is 0 Å². The Bertz CT molecular complexity index is 630. The summed E-state index contributed by atoms with van der Waals surface area (Å²) >= 11 is 1.36. The maximum absolute atomic E-state index is 11.9. The number of nitrogens with zero attached hydrogens (tertiary/aromatic N) is 3. The molecule has 1 N–H and O–H groups in total. The van der Waals surface area contributed by atoms with Crippen LogP contribution in [0, 0.1) is 6.92 Å². The first-order valence-electron chi connectivity index (χ1n) is 6.99. The lowest BCUT2D eigenvalue weighted by molar-refractivity contribution is -0.119. The summed E-state index contributed by atoms with van der Waals surface area (Å²) in [5.74, 6) is 0.243. The zero-order valence-electron chi connectivity index (χ0n) is 12.9. The SMILES string of the molecule is COC[C@H](C)NC(=O)CSc1nncn1-c1ccccc1C. The second-order valence-electron chi connectivity index (χ2n) is 4.98. The summed E-state index contributed by atoms with van der Waals surface area (Å²) in [6, 6.07) is 7.98. The molecule has 22 heavy (non-hydrogen) atoms. The number of aromatic nitrogens is 3. The Morgan fingerprint density at radius 1 is 1.45 bits per heavy atom. The first-order chi connectivity index (χ1) is 10.6. The minimum absolute atomic E-state index is 0.00709. The molecule has 0 aliphatic rings. The Balaban J connectivity index is 1.99. The molecule has 0 saturated carbocycles. The van der Waals surface area contributed by atoms with E-state index in [2.05, 4.69) is 15.5 Å². The fourth-order valence-corrected chi connectivity index (χ4v) is 2.79. The van der Waals surface area contributed by atoms with E-state index in [0.29, 0.717) is 17.5 Å². The normalized spacial score (nSPS) is 12.1. The van der Waals surface area contributed by atoms with Crippen molar-refractivity contribution in [1.82, 2.24) is 20.1 Å².